The Labute approximate surface area is 133 Å². The van der Waals surface area contributed by atoms with E-state index in [4.69, 9.17) is 22.9 Å². The number of fused-ring (bicyclic) bond motifs is 1. The third-order valence-electron chi connectivity index (χ3n) is 3.12. The summed E-state index contributed by atoms with van der Waals surface area (Å²) in [5.41, 5.74) is -0.521. The van der Waals surface area contributed by atoms with Gasteiger partial charge in [0.2, 0.25) is 0 Å². The molecule has 0 spiro atoms. The van der Waals surface area contributed by atoms with Crippen molar-refractivity contribution in [3.63, 3.8) is 0 Å². The van der Waals surface area contributed by atoms with E-state index in [0.717, 1.165) is 0 Å². The molecule has 2 aromatic rings. The Bertz CT molecular complexity index is 786. The van der Waals surface area contributed by atoms with Crippen molar-refractivity contribution in [2.75, 3.05) is 27.4 Å². The summed E-state index contributed by atoms with van der Waals surface area (Å²) >= 11 is 0. The minimum atomic E-state index is -3.76. The highest BCUT2D eigenvalue weighted by Gasteiger charge is 2.32. The normalized spacial score (nSPS) is 11.7. The van der Waals surface area contributed by atoms with Gasteiger partial charge in [0.1, 0.15) is 17.1 Å². The molecule has 0 aliphatic rings. The maximum atomic E-state index is 12.8. The maximum Gasteiger partial charge on any atom is 0.368 e. The van der Waals surface area contributed by atoms with E-state index in [-0.39, 0.29) is 24.1 Å². The average molecular weight is 342 g/mol. The number of benzene rings is 1. The van der Waals surface area contributed by atoms with Crippen LogP contribution in [-0.4, -0.2) is 27.4 Å². The van der Waals surface area contributed by atoms with Crippen molar-refractivity contribution in [1.82, 2.24) is 0 Å². The van der Waals surface area contributed by atoms with E-state index >= 15 is 0 Å². The summed E-state index contributed by atoms with van der Waals surface area (Å²) < 4.78 is 38.9. The van der Waals surface area contributed by atoms with Crippen LogP contribution >= 0.6 is 7.60 Å². The van der Waals surface area contributed by atoms with Gasteiger partial charge >= 0.3 is 13.2 Å². The van der Waals surface area contributed by atoms with Crippen LogP contribution in [0.2, 0.25) is 0 Å². The van der Waals surface area contributed by atoms with Crippen molar-refractivity contribution in [3.8, 4) is 11.5 Å². The van der Waals surface area contributed by atoms with Gasteiger partial charge in [-0.1, -0.05) is 0 Å². The molecule has 0 unspecified atom stereocenters. The largest absolute Gasteiger partial charge is 0.496 e. The fourth-order valence-electron chi connectivity index (χ4n) is 2.15. The van der Waals surface area contributed by atoms with Crippen LogP contribution in [0.3, 0.4) is 0 Å². The summed E-state index contributed by atoms with van der Waals surface area (Å²) in [6.07, 6.45) is 0. The zero-order chi connectivity index (χ0) is 17.0. The smallest absolute Gasteiger partial charge is 0.368 e. The van der Waals surface area contributed by atoms with E-state index in [9.17, 15) is 9.36 Å². The van der Waals surface area contributed by atoms with Gasteiger partial charge in [-0.15, -0.1) is 0 Å². The first-order valence-corrected chi connectivity index (χ1v) is 8.62. The fraction of sp³-hybridized carbons (Fsp3) is 0.400. The third kappa shape index (κ3) is 3.42. The second-order valence-electron chi connectivity index (χ2n) is 4.49. The van der Waals surface area contributed by atoms with Crippen molar-refractivity contribution in [2.24, 2.45) is 0 Å². The van der Waals surface area contributed by atoms with Gasteiger partial charge < -0.3 is 22.9 Å². The Balaban J connectivity index is 2.74. The lowest BCUT2D eigenvalue weighted by Crippen LogP contribution is -2.26. The van der Waals surface area contributed by atoms with Gasteiger partial charge in [-0.2, -0.15) is 0 Å². The van der Waals surface area contributed by atoms with E-state index < -0.39 is 13.2 Å². The highest BCUT2D eigenvalue weighted by atomic mass is 31.2. The number of ether oxygens (including phenoxy) is 2. The number of hydrogen-bond donors (Lipinski definition) is 0. The summed E-state index contributed by atoms with van der Waals surface area (Å²) in [4.78, 5) is 12.2. The molecule has 1 heterocycles. The molecule has 0 saturated heterocycles. The van der Waals surface area contributed by atoms with Gasteiger partial charge in [0, 0.05) is 12.1 Å². The SMILES string of the molecule is CCOP(=O)(OCC)c1cc2c(OC)cc(OC)cc2oc1=O. The Kier molecular flexibility index (Phi) is 5.46. The van der Waals surface area contributed by atoms with Crippen molar-refractivity contribution >= 4 is 23.9 Å². The first-order chi connectivity index (χ1) is 11.0. The van der Waals surface area contributed by atoms with Crippen LogP contribution < -0.4 is 20.4 Å². The molecule has 0 bridgehead atoms. The molecule has 0 N–H and O–H groups in total. The van der Waals surface area contributed by atoms with Crippen LogP contribution in [0.15, 0.2) is 27.4 Å². The van der Waals surface area contributed by atoms with Crippen molar-refractivity contribution < 1.29 is 27.5 Å². The fourth-order valence-corrected chi connectivity index (χ4v) is 3.73. The molecule has 23 heavy (non-hydrogen) atoms. The molecule has 1 aromatic heterocycles. The van der Waals surface area contributed by atoms with Crippen LogP contribution in [0, 0.1) is 0 Å². The number of hydrogen-bond acceptors (Lipinski definition) is 7. The molecule has 8 heteroatoms. The van der Waals surface area contributed by atoms with E-state index in [1.807, 2.05) is 0 Å². The van der Waals surface area contributed by atoms with Gasteiger partial charge in [-0.3, -0.25) is 4.57 Å². The monoisotopic (exact) mass is 342 g/mol. The van der Waals surface area contributed by atoms with Gasteiger partial charge in [0.25, 0.3) is 0 Å². The van der Waals surface area contributed by atoms with Crippen LogP contribution in [0.5, 0.6) is 11.5 Å². The second kappa shape index (κ2) is 7.17. The molecule has 126 valence electrons. The average Bonchev–Trinajstić information content (AvgIpc) is 2.53. The van der Waals surface area contributed by atoms with E-state index in [1.54, 1.807) is 26.0 Å². The molecule has 0 atom stereocenters. The lowest BCUT2D eigenvalue weighted by Gasteiger charge is -2.16. The minimum absolute atomic E-state index is 0.133. The molecule has 7 nitrogen and oxygen atoms in total. The summed E-state index contributed by atoms with van der Waals surface area (Å²) in [6, 6.07) is 4.61. The van der Waals surface area contributed by atoms with Crippen molar-refractivity contribution in [1.29, 1.82) is 0 Å². The summed E-state index contributed by atoms with van der Waals surface area (Å²) in [5, 5.41) is 0.319. The Hall–Kier alpha value is -1.82. The standard InChI is InChI=1S/C15H19O7P/c1-5-20-23(17,21-6-2)14-9-11-12(19-4)7-10(18-3)8-13(11)22-15(14)16/h7-9H,5-6H2,1-4H3. The topological polar surface area (TPSA) is 84.2 Å². The Morgan fingerprint density at radius 3 is 2.22 bits per heavy atom. The van der Waals surface area contributed by atoms with E-state index in [1.165, 1.54) is 20.3 Å². The van der Waals surface area contributed by atoms with Crippen molar-refractivity contribution in [3.05, 3.63) is 28.6 Å². The summed E-state index contributed by atoms with van der Waals surface area (Å²) in [5.74, 6) is 0.895. The van der Waals surface area contributed by atoms with E-state index in [0.29, 0.717) is 16.9 Å². The summed E-state index contributed by atoms with van der Waals surface area (Å²) in [7, 11) is -0.788. The molecule has 0 amide bonds. The molecule has 1 aromatic carbocycles. The molecule has 0 aliphatic heterocycles. The van der Waals surface area contributed by atoms with Crippen LogP contribution in [0.4, 0.5) is 0 Å². The molecule has 0 fully saturated rings. The molecule has 2 rings (SSSR count). The van der Waals surface area contributed by atoms with Crippen LogP contribution in [-0.2, 0) is 13.6 Å². The highest BCUT2D eigenvalue weighted by molar-refractivity contribution is 7.62. The van der Waals surface area contributed by atoms with Gasteiger partial charge in [0.05, 0.1) is 32.8 Å². The van der Waals surface area contributed by atoms with Gasteiger partial charge in [-0.05, 0) is 19.9 Å². The number of methoxy groups -OCH3 is 2. The van der Waals surface area contributed by atoms with Crippen molar-refractivity contribution in [2.45, 2.75) is 13.8 Å². The summed E-state index contributed by atoms with van der Waals surface area (Å²) in [6.45, 7) is 3.60. The first kappa shape index (κ1) is 17.5. The lowest BCUT2D eigenvalue weighted by molar-refractivity contribution is 0.229. The lowest BCUT2D eigenvalue weighted by atomic mass is 10.2. The molecular weight excluding hydrogens is 323 g/mol. The quantitative estimate of drug-likeness (QED) is 0.565. The molecule has 0 aliphatic carbocycles. The number of rotatable bonds is 7. The highest BCUT2D eigenvalue weighted by Crippen LogP contribution is 2.46. The van der Waals surface area contributed by atoms with E-state index in [2.05, 4.69) is 0 Å². The maximum absolute atomic E-state index is 12.8. The van der Waals surface area contributed by atoms with Crippen LogP contribution in [0.25, 0.3) is 11.0 Å². The van der Waals surface area contributed by atoms with Crippen LogP contribution in [0.1, 0.15) is 13.8 Å². The predicted molar refractivity (Wildman–Crippen MR) is 86.1 cm³/mol. The predicted octanol–water partition coefficient (Wildman–Crippen LogP) is 2.70. The second-order valence-corrected chi connectivity index (χ2v) is 6.49. The molecule has 0 saturated carbocycles. The Morgan fingerprint density at radius 1 is 1.04 bits per heavy atom. The van der Waals surface area contributed by atoms with Gasteiger partial charge in [-0.25, -0.2) is 4.79 Å². The minimum Gasteiger partial charge on any atom is -0.496 e. The van der Waals surface area contributed by atoms with Gasteiger partial charge in [0.15, 0.2) is 5.30 Å². The Morgan fingerprint density at radius 2 is 1.70 bits per heavy atom. The first-order valence-electron chi connectivity index (χ1n) is 7.08. The third-order valence-corrected chi connectivity index (χ3v) is 5.22. The molecule has 0 radical (unpaired) electrons. The zero-order valence-corrected chi connectivity index (χ0v) is 14.3. The molecular formula is C15H19O7P. The zero-order valence-electron chi connectivity index (χ0n) is 13.5.